The number of aromatic carboxylic acids is 1. The van der Waals surface area contributed by atoms with Gasteiger partial charge >= 0.3 is 5.97 Å². The Morgan fingerprint density at radius 3 is 2.64 bits per heavy atom. The van der Waals surface area contributed by atoms with E-state index >= 15 is 0 Å². The standard InChI is InChI=1S/C16H12N2O3S/c19-15(17-8-14-18-13(9-22-14)16(20)21)12-6-5-10-3-1-2-4-11(10)7-12/h1-7,9H,8H2,(H,17,19)(H,20,21). The van der Waals surface area contributed by atoms with Crippen molar-refractivity contribution in [3.63, 3.8) is 0 Å². The van der Waals surface area contributed by atoms with E-state index in [0.717, 1.165) is 10.8 Å². The summed E-state index contributed by atoms with van der Waals surface area (Å²) in [5.41, 5.74) is 0.564. The minimum Gasteiger partial charge on any atom is -0.476 e. The molecule has 110 valence electrons. The third-order valence-electron chi connectivity index (χ3n) is 3.18. The number of rotatable bonds is 4. The van der Waals surface area contributed by atoms with Gasteiger partial charge in [-0.3, -0.25) is 4.79 Å². The second-order valence-electron chi connectivity index (χ2n) is 4.68. The Kier molecular flexibility index (Phi) is 3.84. The largest absolute Gasteiger partial charge is 0.476 e. The fraction of sp³-hybridized carbons (Fsp3) is 0.0625. The number of hydrogen-bond acceptors (Lipinski definition) is 4. The summed E-state index contributed by atoms with van der Waals surface area (Å²) >= 11 is 1.21. The number of fused-ring (bicyclic) bond motifs is 1. The zero-order valence-corrected chi connectivity index (χ0v) is 12.3. The van der Waals surface area contributed by atoms with Crippen LogP contribution in [-0.4, -0.2) is 22.0 Å². The van der Waals surface area contributed by atoms with Gasteiger partial charge < -0.3 is 10.4 Å². The van der Waals surface area contributed by atoms with Gasteiger partial charge in [0.05, 0.1) is 6.54 Å². The van der Waals surface area contributed by atoms with Crippen molar-refractivity contribution < 1.29 is 14.7 Å². The van der Waals surface area contributed by atoms with Crippen LogP contribution in [0.4, 0.5) is 0 Å². The zero-order chi connectivity index (χ0) is 15.5. The molecule has 6 heteroatoms. The number of carbonyl (C=O) groups excluding carboxylic acids is 1. The quantitative estimate of drug-likeness (QED) is 0.776. The molecular weight excluding hydrogens is 300 g/mol. The molecular formula is C16H12N2O3S. The molecule has 5 nitrogen and oxygen atoms in total. The molecule has 0 aliphatic rings. The fourth-order valence-electron chi connectivity index (χ4n) is 2.08. The number of nitrogens with zero attached hydrogens (tertiary/aromatic N) is 1. The van der Waals surface area contributed by atoms with E-state index in [9.17, 15) is 9.59 Å². The highest BCUT2D eigenvalue weighted by Gasteiger charge is 2.10. The van der Waals surface area contributed by atoms with Gasteiger partial charge in [-0.05, 0) is 22.9 Å². The van der Waals surface area contributed by atoms with E-state index in [1.165, 1.54) is 16.7 Å². The summed E-state index contributed by atoms with van der Waals surface area (Å²) in [7, 11) is 0. The lowest BCUT2D eigenvalue weighted by molar-refractivity contribution is 0.0691. The summed E-state index contributed by atoms with van der Waals surface area (Å²) in [5.74, 6) is -1.28. The fourth-order valence-corrected chi connectivity index (χ4v) is 2.79. The molecule has 0 fully saturated rings. The smallest absolute Gasteiger partial charge is 0.355 e. The number of aromatic nitrogens is 1. The van der Waals surface area contributed by atoms with Crippen molar-refractivity contribution in [1.82, 2.24) is 10.3 Å². The zero-order valence-electron chi connectivity index (χ0n) is 11.4. The summed E-state index contributed by atoms with van der Waals surface area (Å²) in [6.45, 7) is 0.212. The highest BCUT2D eigenvalue weighted by Crippen LogP contribution is 2.16. The molecule has 0 aliphatic carbocycles. The second-order valence-corrected chi connectivity index (χ2v) is 5.62. The van der Waals surface area contributed by atoms with Crippen LogP contribution in [0, 0.1) is 0 Å². The Labute approximate surface area is 130 Å². The predicted octanol–water partition coefficient (Wildman–Crippen LogP) is 2.92. The van der Waals surface area contributed by atoms with E-state index in [-0.39, 0.29) is 18.1 Å². The lowest BCUT2D eigenvalue weighted by Gasteiger charge is -2.04. The van der Waals surface area contributed by atoms with Crippen LogP contribution in [0.5, 0.6) is 0 Å². The van der Waals surface area contributed by atoms with Gasteiger partial charge in [-0.15, -0.1) is 11.3 Å². The SMILES string of the molecule is O=C(NCc1nc(C(=O)O)cs1)c1ccc2ccccc2c1. The minimum absolute atomic E-state index is 0.0000425. The molecule has 2 N–H and O–H groups in total. The molecule has 0 unspecified atom stereocenters. The number of thiazole rings is 1. The van der Waals surface area contributed by atoms with Crippen LogP contribution in [-0.2, 0) is 6.54 Å². The number of carboxylic acid groups (broad SMARTS) is 1. The van der Waals surface area contributed by atoms with Gasteiger partial charge in [0.15, 0.2) is 5.69 Å². The number of benzene rings is 2. The lowest BCUT2D eigenvalue weighted by atomic mass is 10.1. The van der Waals surface area contributed by atoms with E-state index < -0.39 is 5.97 Å². The summed E-state index contributed by atoms with van der Waals surface area (Å²) in [4.78, 5) is 26.8. The Morgan fingerprint density at radius 2 is 1.91 bits per heavy atom. The summed E-state index contributed by atoms with van der Waals surface area (Å²) in [5, 5.41) is 15.7. The van der Waals surface area contributed by atoms with Gasteiger partial charge in [-0.25, -0.2) is 9.78 Å². The normalized spacial score (nSPS) is 10.5. The highest BCUT2D eigenvalue weighted by molar-refractivity contribution is 7.09. The van der Waals surface area contributed by atoms with Crippen LogP contribution in [0.1, 0.15) is 25.9 Å². The molecule has 0 saturated carbocycles. The van der Waals surface area contributed by atoms with E-state index in [2.05, 4.69) is 10.3 Å². The maximum atomic E-state index is 12.2. The summed E-state index contributed by atoms with van der Waals surface area (Å²) in [6, 6.07) is 13.3. The molecule has 1 heterocycles. The number of carbonyl (C=O) groups is 2. The first-order valence-electron chi connectivity index (χ1n) is 6.58. The maximum absolute atomic E-state index is 12.2. The Hall–Kier alpha value is -2.73. The van der Waals surface area contributed by atoms with Gasteiger partial charge in [-0.2, -0.15) is 0 Å². The topological polar surface area (TPSA) is 79.3 Å². The second kappa shape index (κ2) is 5.95. The van der Waals surface area contributed by atoms with Crippen LogP contribution < -0.4 is 5.32 Å². The Morgan fingerprint density at radius 1 is 1.14 bits per heavy atom. The molecule has 22 heavy (non-hydrogen) atoms. The summed E-state index contributed by atoms with van der Waals surface area (Å²) in [6.07, 6.45) is 0. The minimum atomic E-state index is -1.07. The van der Waals surface area contributed by atoms with Crippen molar-refractivity contribution in [3.8, 4) is 0 Å². The number of nitrogens with one attached hydrogen (secondary N) is 1. The first-order valence-corrected chi connectivity index (χ1v) is 7.46. The monoisotopic (exact) mass is 312 g/mol. The lowest BCUT2D eigenvalue weighted by Crippen LogP contribution is -2.22. The first-order chi connectivity index (χ1) is 10.6. The molecule has 0 saturated heterocycles. The molecule has 2 aromatic carbocycles. The van der Waals surface area contributed by atoms with Crippen molar-refractivity contribution in [2.24, 2.45) is 0 Å². The van der Waals surface area contributed by atoms with Gasteiger partial charge in [0.1, 0.15) is 5.01 Å². The van der Waals surface area contributed by atoms with Crippen molar-refractivity contribution in [2.45, 2.75) is 6.54 Å². The molecule has 0 atom stereocenters. The van der Waals surface area contributed by atoms with Crippen molar-refractivity contribution in [3.05, 3.63) is 64.1 Å². The Bertz CT molecular complexity index is 857. The van der Waals surface area contributed by atoms with Crippen LogP contribution in [0.25, 0.3) is 10.8 Å². The third kappa shape index (κ3) is 2.96. The van der Waals surface area contributed by atoms with Crippen LogP contribution in [0.15, 0.2) is 47.8 Å². The highest BCUT2D eigenvalue weighted by atomic mass is 32.1. The maximum Gasteiger partial charge on any atom is 0.355 e. The number of amides is 1. The number of carboxylic acids is 1. The molecule has 0 bridgehead atoms. The van der Waals surface area contributed by atoms with Gasteiger partial charge in [0.25, 0.3) is 5.91 Å². The molecule has 3 aromatic rings. The van der Waals surface area contributed by atoms with E-state index in [0.29, 0.717) is 10.6 Å². The van der Waals surface area contributed by atoms with Gasteiger partial charge in [0.2, 0.25) is 0 Å². The molecule has 1 aromatic heterocycles. The van der Waals surface area contributed by atoms with Crippen molar-refractivity contribution in [1.29, 1.82) is 0 Å². The number of hydrogen-bond donors (Lipinski definition) is 2. The van der Waals surface area contributed by atoms with E-state index in [1.807, 2.05) is 36.4 Å². The first kappa shape index (κ1) is 14.2. The van der Waals surface area contributed by atoms with Crippen molar-refractivity contribution >= 4 is 34.0 Å². The van der Waals surface area contributed by atoms with Crippen LogP contribution >= 0.6 is 11.3 Å². The summed E-state index contributed by atoms with van der Waals surface area (Å²) < 4.78 is 0. The van der Waals surface area contributed by atoms with Gasteiger partial charge in [-0.1, -0.05) is 30.3 Å². The average molecular weight is 312 g/mol. The average Bonchev–Trinajstić information content (AvgIpc) is 3.01. The molecule has 0 spiro atoms. The molecule has 0 radical (unpaired) electrons. The Balaban J connectivity index is 1.71. The molecule has 3 rings (SSSR count). The van der Waals surface area contributed by atoms with Crippen LogP contribution in [0.2, 0.25) is 0 Å². The molecule has 1 amide bonds. The van der Waals surface area contributed by atoms with Gasteiger partial charge in [0, 0.05) is 10.9 Å². The van der Waals surface area contributed by atoms with Crippen LogP contribution in [0.3, 0.4) is 0 Å². The van der Waals surface area contributed by atoms with Crippen molar-refractivity contribution in [2.75, 3.05) is 0 Å². The van der Waals surface area contributed by atoms with E-state index in [4.69, 9.17) is 5.11 Å². The molecule has 0 aliphatic heterocycles. The van der Waals surface area contributed by atoms with E-state index in [1.54, 1.807) is 6.07 Å². The third-order valence-corrected chi connectivity index (χ3v) is 4.03. The predicted molar refractivity (Wildman–Crippen MR) is 84.2 cm³/mol.